The van der Waals surface area contributed by atoms with Crippen molar-refractivity contribution in [1.82, 2.24) is 20.4 Å². The summed E-state index contributed by atoms with van der Waals surface area (Å²) in [6, 6.07) is 0. The van der Waals surface area contributed by atoms with Gasteiger partial charge in [0.2, 0.25) is 0 Å². The van der Waals surface area contributed by atoms with Crippen LogP contribution in [-0.4, -0.2) is 34.4 Å². The molecule has 0 radical (unpaired) electrons. The molecule has 0 aliphatic rings. The molecule has 0 aromatic carbocycles. The summed E-state index contributed by atoms with van der Waals surface area (Å²) < 4.78 is 1.94. The molecule has 5 nitrogen and oxygen atoms in total. The van der Waals surface area contributed by atoms with Crippen LogP contribution in [0.3, 0.4) is 0 Å². The lowest BCUT2D eigenvalue weighted by atomic mass is 10.1. The maximum Gasteiger partial charge on any atom is 0.191 e. The number of aryl methyl sites for hydroxylation is 2. The van der Waals surface area contributed by atoms with Crippen LogP contribution in [0.5, 0.6) is 0 Å². The molecule has 2 N–H and O–H groups in total. The van der Waals surface area contributed by atoms with Crippen LogP contribution >= 0.6 is 24.0 Å². The molecule has 0 amide bonds. The highest BCUT2D eigenvalue weighted by atomic mass is 127. The minimum Gasteiger partial charge on any atom is -0.357 e. The molecule has 6 heteroatoms. The van der Waals surface area contributed by atoms with Gasteiger partial charge in [-0.1, -0.05) is 0 Å². The van der Waals surface area contributed by atoms with Crippen molar-refractivity contribution in [2.75, 3.05) is 13.1 Å². The molecule has 0 atom stereocenters. The Labute approximate surface area is 146 Å². The second kappa shape index (κ2) is 8.60. The van der Waals surface area contributed by atoms with Gasteiger partial charge in [0, 0.05) is 31.4 Å². The SMILES string of the molecule is CCNC(=NCCc1c(C)nn(C)c1C)NC(C)(C)C.I. The van der Waals surface area contributed by atoms with E-state index in [-0.39, 0.29) is 29.5 Å². The van der Waals surface area contributed by atoms with E-state index in [0.29, 0.717) is 0 Å². The molecular weight excluding hydrogens is 377 g/mol. The smallest absolute Gasteiger partial charge is 0.191 e. The van der Waals surface area contributed by atoms with E-state index < -0.39 is 0 Å². The Bertz CT molecular complexity index is 471. The van der Waals surface area contributed by atoms with Gasteiger partial charge in [-0.25, -0.2) is 0 Å². The minimum atomic E-state index is 0. The lowest BCUT2D eigenvalue weighted by molar-refractivity contribution is 0.501. The fourth-order valence-corrected chi connectivity index (χ4v) is 2.12. The molecule has 21 heavy (non-hydrogen) atoms. The van der Waals surface area contributed by atoms with E-state index >= 15 is 0 Å². The summed E-state index contributed by atoms with van der Waals surface area (Å²) in [6.45, 7) is 14.3. The number of aliphatic imine (C=N–C) groups is 1. The van der Waals surface area contributed by atoms with Crippen molar-refractivity contribution < 1.29 is 0 Å². The zero-order valence-electron chi connectivity index (χ0n) is 14.4. The van der Waals surface area contributed by atoms with E-state index in [4.69, 9.17) is 0 Å². The first-order chi connectivity index (χ1) is 9.24. The van der Waals surface area contributed by atoms with Crippen molar-refractivity contribution >= 4 is 29.9 Å². The largest absolute Gasteiger partial charge is 0.357 e. The normalized spacial score (nSPS) is 12.0. The van der Waals surface area contributed by atoms with Gasteiger partial charge in [-0.05, 0) is 53.5 Å². The maximum absolute atomic E-state index is 4.64. The number of hydrogen-bond acceptors (Lipinski definition) is 2. The second-order valence-electron chi connectivity index (χ2n) is 6.16. The molecule has 122 valence electrons. The zero-order valence-corrected chi connectivity index (χ0v) is 16.7. The Balaban J connectivity index is 0.00000400. The van der Waals surface area contributed by atoms with Gasteiger partial charge in [0.05, 0.1) is 5.69 Å². The van der Waals surface area contributed by atoms with Gasteiger partial charge < -0.3 is 10.6 Å². The van der Waals surface area contributed by atoms with Crippen LogP contribution in [0, 0.1) is 13.8 Å². The van der Waals surface area contributed by atoms with Gasteiger partial charge in [0.15, 0.2) is 5.96 Å². The number of rotatable bonds is 4. The predicted octanol–water partition coefficient (Wildman–Crippen LogP) is 2.55. The summed E-state index contributed by atoms with van der Waals surface area (Å²) in [5.41, 5.74) is 3.66. The summed E-state index contributed by atoms with van der Waals surface area (Å²) in [5, 5.41) is 11.1. The second-order valence-corrected chi connectivity index (χ2v) is 6.16. The first-order valence-electron chi connectivity index (χ1n) is 7.30. The molecule has 1 heterocycles. The number of guanidine groups is 1. The standard InChI is InChI=1S/C15H29N5.HI/c1-8-16-14(18-15(4,5)6)17-10-9-13-11(2)19-20(7)12(13)3;/h8-10H2,1-7H3,(H2,16,17,18);1H. The van der Waals surface area contributed by atoms with E-state index in [1.165, 1.54) is 11.3 Å². The van der Waals surface area contributed by atoms with E-state index in [1.54, 1.807) is 0 Å². The fraction of sp³-hybridized carbons (Fsp3) is 0.733. The van der Waals surface area contributed by atoms with E-state index in [0.717, 1.165) is 31.2 Å². The quantitative estimate of drug-likeness (QED) is 0.458. The number of nitrogens with one attached hydrogen (secondary N) is 2. The third-order valence-corrected chi connectivity index (χ3v) is 3.13. The topological polar surface area (TPSA) is 54.2 Å². The number of nitrogens with zero attached hydrogens (tertiary/aromatic N) is 3. The predicted molar refractivity (Wildman–Crippen MR) is 101 cm³/mol. The van der Waals surface area contributed by atoms with Gasteiger partial charge in [0.25, 0.3) is 0 Å². The number of halogens is 1. The van der Waals surface area contributed by atoms with Crippen LogP contribution in [0.4, 0.5) is 0 Å². The van der Waals surface area contributed by atoms with Crippen molar-refractivity contribution in [3.05, 3.63) is 17.0 Å². The Morgan fingerprint density at radius 2 is 1.90 bits per heavy atom. The van der Waals surface area contributed by atoms with Crippen LogP contribution in [0.2, 0.25) is 0 Å². The minimum absolute atomic E-state index is 0. The summed E-state index contributed by atoms with van der Waals surface area (Å²) in [5.74, 6) is 0.874. The summed E-state index contributed by atoms with van der Waals surface area (Å²) in [4.78, 5) is 4.64. The van der Waals surface area contributed by atoms with Gasteiger partial charge >= 0.3 is 0 Å². The average Bonchev–Trinajstić information content (AvgIpc) is 2.53. The number of aromatic nitrogens is 2. The van der Waals surface area contributed by atoms with Gasteiger partial charge in [0.1, 0.15) is 0 Å². The van der Waals surface area contributed by atoms with Gasteiger partial charge in [-0.15, -0.1) is 24.0 Å². The lowest BCUT2D eigenvalue weighted by Gasteiger charge is -2.23. The molecule has 0 saturated heterocycles. The highest BCUT2D eigenvalue weighted by molar-refractivity contribution is 14.0. The van der Waals surface area contributed by atoms with Gasteiger partial charge in [-0.2, -0.15) is 5.10 Å². The molecule has 1 aromatic heterocycles. The van der Waals surface area contributed by atoms with Crippen LogP contribution in [-0.2, 0) is 13.5 Å². The third-order valence-electron chi connectivity index (χ3n) is 3.13. The first kappa shape index (κ1) is 20.2. The zero-order chi connectivity index (χ0) is 15.3. The lowest BCUT2D eigenvalue weighted by Crippen LogP contribution is -2.47. The van der Waals surface area contributed by atoms with Crippen LogP contribution in [0.15, 0.2) is 4.99 Å². The monoisotopic (exact) mass is 407 g/mol. The Morgan fingerprint density at radius 3 is 2.33 bits per heavy atom. The molecule has 0 saturated carbocycles. The van der Waals surface area contributed by atoms with Crippen LogP contribution < -0.4 is 10.6 Å². The maximum atomic E-state index is 4.64. The molecule has 0 spiro atoms. The molecular formula is C15H30IN5. The molecule has 1 rings (SSSR count). The van der Waals surface area contributed by atoms with Crippen LogP contribution in [0.25, 0.3) is 0 Å². The Morgan fingerprint density at radius 1 is 1.29 bits per heavy atom. The summed E-state index contributed by atoms with van der Waals surface area (Å²) in [7, 11) is 1.99. The average molecular weight is 407 g/mol. The first-order valence-corrected chi connectivity index (χ1v) is 7.30. The molecule has 0 bridgehead atoms. The van der Waals surface area contributed by atoms with Crippen molar-refractivity contribution in [3.8, 4) is 0 Å². The van der Waals surface area contributed by atoms with Crippen molar-refractivity contribution in [2.45, 2.75) is 53.5 Å². The summed E-state index contributed by atoms with van der Waals surface area (Å²) >= 11 is 0. The highest BCUT2D eigenvalue weighted by Gasteiger charge is 2.12. The van der Waals surface area contributed by atoms with Crippen molar-refractivity contribution in [3.63, 3.8) is 0 Å². The molecule has 0 aliphatic carbocycles. The Hall–Kier alpha value is -0.790. The highest BCUT2D eigenvalue weighted by Crippen LogP contribution is 2.12. The van der Waals surface area contributed by atoms with Crippen LogP contribution in [0.1, 0.15) is 44.6 Å². The van der Waals surface area contributed by atoms with E-state index in [9.17, 15) is 0 Å². The Kier molecular flexibility index (Phi) is 8.28. The van der Waals surface area contributed by atoms with E-state index in [1.807, 2.05) is 11.7 Å². The molecule has 0 unspecified atom stereocenters. The van der Waals surface area contributed by atoms with Gasteiger partial charge in [-0.3, -0.25) is 9.67 Å². The number of hydrogen-bond donors (Lipinski definition) is 2. The molecule has 0 aliphatic heterocycles. The van der Waals surface area contributed by atoms with Crippen molar-refractivity contribution in [2.24, 2.45) is 12.0 Å². The fourth-order valence-electron chi connectivity index (χ4n) is 2.12. The molecule has 0 fully saturated rings. The molecule has 1 aromatic rings. The van der Waals surface area contributed by atoms with Crippen molar-refractivity contribution in [1.29, 1.82) is 0 Å². The third kappa shape index (κ3) is 6.67. The summed E-state index contributed by atoms with van der Waals surface area (Å²) in [6.07, 6.45) is 0.923. The van der Waals surface area contributed by atoms with E-state index in [2.05, 4.69) is 62.3 Å².